The molecular formula is C17H24ClN3O6S. The first kappa shape index (κ1) is 23.9. The third-order valence-corrected chi connectivity index (χ3v) is 5.82. The number of hydrogen-bond donors (Lipinski definition) is 2. The van der Waals surface area contributed by atoms with Gasteiger partial charge in [-0.2, -0.15) is 0 Å². The molecule has 28 heavy (non-hydrogen) atoms. The zero-order chi connectivity index (χ0) is 21.5. The first-order valence-corrected chi connectivity index (χ1v) is 10.2. The summed E-state index contributed by atoms with van der Waals surface area (Å²) in [5.41, 5.74) is -0.0981. The van der Waals surface area contributed by atoms with Crippen LogP contribution in [0.2, 0.25) is 5.02 Å². The van der Waals surface area contributed by atoms with Crippen LogP contribution in [-0.2, 0) is 19.6 Å². The number of urea groups is 1. The van der Waals surface area contributed by atoms with Crippen molar-refractivity contribution in [2.24, 2.45) is 5.92 Å². The monoisotopic (exact) mass is 433 g/mol. The molecule has 9 nitrogen and oxygen atoms in total. The third kappa shape index (κ3) is 7.10. The van der Waals surface area contributed by atoms with Gasteiger partial charge in [-0.05, 0) is 30.5 Å². The molecule has 0 spiro atoms. The van der Waals surface area contributed by atoms with Crippen LogP contribution in [0.3, 0.4) is 0 Å². The van der Waals surface area contributed by atoms with Crippen molar-refractivity contribution in [2.75, 3.05) is 27.2 Å². The molecule has 0 saturated carbocycles. The third-order valence-electron chi connectivity index (χ3n) is 3.52. The average Bonchev–Trinajstić information content (AvgIpc) is 2.59. The summed E-state index contributed by atoms with van der Waals surface area (Å²) in [6, 6.07) is 2.90. The number of amides is 3. The second-order valence-electron chi connectivity index (χ2n) is 6.50. The molecule has 0 aliphatic heterocycles. The van der Waals surface area contributed by atoms with Crippen LogP contribution >= 0.6 is 11.6 Å². The van der Waals surface area contributed by atoms with Crippen molar-refractivity contribution in [3.05, 3.63) is 28.8 Å². The summed E-state index contributed by atoms with van der Waals surface area (Å²) in [5, 5.41) is 4.48. The molecule has 0 aliphatic carbocycles. The minimum absolute atomic E-state index is 0.0546. The molecule has 0 atom stereocenters. The SMILES string of the molecule is CC(C)CCNC(=O)NC(=O)COC(=O)c1ccc(Cl)c(S(=O)(=O)N(C)C)c1. The molecule has 0 bridgehead atoms. The van der Waals surface area contributed by atoms with E-state index in [1.54, 1.807) is 0 Å². The summed E-state index contributed by atoms with van der Waals surface area (Å²) in [7, 11) is -1.21. The van der Waals surface area contributed by atoms with Crippen LogP contribution in [0.15, 0.2) is 23.1 Å². The molecule has 0 radical (unpaired) electrons. The van der Waals surface area contributed by atoms with Gasteiger partial charge < -0.3 is 10.1 Å². The molecule has 156 valence electrons. The number of nitrogens with one attached hydrogen (secondary N) is 2. The zero-order valence-electron chi connectivity index (χ0n) is 16.1. The molecule has 0 saturated heterocycles. The number of hydrogen-bond acceptors (Lipinski definition) is 6. The fraction of sp³-hybridized carbons (Fsp3) is 0.471. The van der Waals surface area contributed by atoms with E-state index in [2.05, 4.69) is 5.32 Å². The van der Waals surface area contributed by atoms with Crippen LogP contribution in [0.4, 0.5) is 4.79 Å². The quantitative estimate of drug-likeness (QED) is 0.600. The van der Waals surface area contributed by atoms with Crippen LogP contribution in [0.25, 0.3) is 0 Å². The van der Waals surface area contributed by atoms with Gasteiger partial charge in [0.25, 0.3) is 5.91 Å². The molecule has 1 rings (SSSR count). The Morgan fingerprint density at radius 3 is 2.43 bits per heavy atom. The maximum absolute atomic E-state index is 12.2. The number of nitrogens with zero attached hydrogens (tertiary/aromatic N) is 1. The summed E-state index contributed by atoms with van der Waals surface area (Å²) < 4.78 is 30.2. The highest BCUT2D eigenvalue weighted by molar-refractivity contribution is 7.89. The maximum atomic E-state index is 12.2. The Morgan fingerprint density at radius 2 is 1.86 bits per heavy atom. The molecule has 2 N–H and O–H groups in total. The number of ether oxygens (including phenoxy) is 1. The van der Waals surface area contributed by atoms with E-state index >= 15 is 0 Å². The molecule has 0 heterocycles. The number of rotatable bonds is 8. The molecule has 0 aromatic heterocycles. The van der Waals surface area contributed by atoms with Crippen molar-refractivity contribution in [3.8, 4) is 0 Å². The Hall–Kier alpha value is -2.17. The van der Waals surface area contributed by atoms with Gasteiger partial charge in [-0.15, -0.1) is 0 Å². The predicted octanol–water partition coefficient (Wildman–Crippen LogP) is 1.62. The number of carbonyl (C=O) groups is 3. The van der Waals surface area contributed by atoms with Gasteiger partial charge in [0.15, 0.2) is 6.61 Å². The van der Waals surface area contributed by atoms with E-state index < -0.39 is 34.5 Å². The van der Waals surface area contributed by atoms with Crippen LogP contribution in [0, 0.1) is 5.92 Å². The van der Waals surface area contributed by atoms with Gasteiger partial charge in [-0.3, -0.25) is 10.1 Å². The van der Waals surface area contributed by atoms with Crippen molar-refractivity contribution >= 4 is 39.5 Å². The second-order valence-corrected chi connectivity index (χ2v) is 9.02. The summed E-state index contributed by atoms with van der Waals surface area (Å²) in [6.45, 7) is 3.70. The van der Waals surface area contributed by atoms with Crippen molar-refractivity contribution in [1.29, 1.82) is 0 Å². The Labute approximate surface area is 169 Å². The number of sulfonamides is 1. The van der Waals surface area contributed by atoms with Crippen molar-refractivity contribution < 1.29 is 27.5 Å². The number of benzene rings is 1. The molecule has 1 aromatic rings. The van der Waals surface area contributed by atoms with E-state index in [4.69, 9.17) is 16.3 Å². The van der Waals surface area contributed by atoms with Crippen LogP contribution in [0.5, 0.6) is 0 Å². The highest BCUT2D eigenvalue weighted by Crippen LogP contribution is 2.25. The average molecular weight is 434 g/mol. The zero-order valence-corrected chi connectivity index (χ0v) is 17.7. The summed E-state index contributed by atoms with van der Waals surface area (Å²) in [5.74, 6) is -1.34. The Kier molecular flexibility index (Phi) is 8.86. The first-order valence-electron chi connectivity index (χ1n) is 8.42. The van der Waals surface area contributed by atoms with E-state index in [1.165, 1.54) is 26.2 Å². The fourth-order valence-electron chi connectivity index (χ4n) is 1.92. The van der Waals surface area contributed by atoms with Gasteiger partial charge in [0, 0.05) is 20.6 Å². The minimum atomic E-state index is -3.86. The van der Waals surface area contributed by atoms with Crippen LogP contribution in [0.1, 0.15) is 30.6 Å². The van der Waals surface area contributed by atoms with Gasteiger partial charge in [-0.1, -0.05) is 25.4 Å². The lowest BCUT2D eigenvalue weighted by atomic mass is 10.1. The normalized spacial score (nSPS) is 11.4. The molecular weight excluding hydrogens is 410 g/mol. The number of imide groups is 1. The summed E-state index contributed by atoms with van der Waals surface area (Å²) >= 11 is 5.91. The molecule has 3 amide bonds. The van der Waals surface area contributed by atoms with Gasteiger partial charge in [-0.25, -0.2) is 22.3 Å². The molecule has 0 unspecified atom stereocenters. The molecule has 1 aromatic carbocycles. The van der Waals surface area contributed by atoms with Gasteiger partial charge >= 0.3 is 12.0 Å². The van der Waals surface area contributed by atoms with Crippen molar-refractivity contribution in [2.45, 2.75) is 25.2 Å². The summed E-state index contributed by atoms with van der Waals surface area (Å²) in [4.78, 5) is 35.0. The fourth-order valence-corrected chi connectivity index (χ4v) is 3.31. The second kappa shape index (κ2) is 10.4. The lowest BCUT2D eigenvalue weighted by molar-refractivity contribution is -0.123. The van der Waals surface area contributed by atoms with Crippen LogP contribution in [-0.4, -0.2) is 57.9 Å². The highest BCUT2D eigenvalue weighted by atomic mass is 35.5. The smallest absolute Gasteiger partial charge is 0.338 e. The van der Waals surface area contributed by atoms with E-state index in [0.717, 1.165) is 16.8 Å². The van der Waals surface area contributed by atoms with E-state index in [-0.39, 0.29) is 15.5 Å². The summed E-state index contributed by atoms with van der Waals surface area (Å²) in [6.07, 6.45) is 0.755. The Morgan fingerprint density at radius 1 is 1.21 bits per heavy atom. The van der Waals surface area contributed by atoms with Gasteiger partial charge in [0.1, 0.15) is 4.90 Å². The van der Waals surface area contributed by atoms with Gasteiger partial charge in [0.05, 0.1) is 10.6 Å². The van der Waals surface area contributed by atoms with Crippen LogP contribution < -0.4 is 10.6 Å². The maximum Gasteiger partial charge on any atom is 0.338 e. The first-order chi connectivity index (χ1) is 12.9. The number of halogens is 1. The Bertz CT molecular complexity index is 839. The standard InChI is InChI=1S/C17H24ClN3O6S/c1-11(2)7-8-19-17(24)20-15(22)10-27-16(23)12-5-6-13(18)14(9-12)28(25,26)21(3)4/h5-6,9,11H,7-8,10H2,1-4H3,(H2,19,20,22,24). The van der Waals surface area contributed by atoms with Crippen molar-refractivity contribution in [3.63, 3.8) is 0 Å². The van der Waals surface area contributed by atoms with Gasteiger partial charge in [0.2, 0.25) is 10.0 Å². The topological polar surface area (TPSA) is 122 Å². The highest BCUT2D eigenvalue weighted by Gasteiger charge is 2.23. The van der Waals surface area contributed by atoms with E-state index in [1.807, 2.05) is 19.2 Å². The van der Waals surface area contributed by atoms with E-state index in [0.29, 0.717) is 12.5 Å². The molecule has 0 aliphatic rings. The number of carbonyl (C=O) groups excluding carboxylic acids is 3. The van der Waals surface area contributed by atoms with E-state index in [9.17, 15) is 22.8 Å². The molecule has 11 heteroatoms. The number of esters is 1. The van der Waals surface area contributed by atoms with Crippen molar-refractivity contribution in [1.82, 2.24) is 14.9 Å². The lowest BCUT2D eigenvalue weighted by Crippen LogP contribution is -2.42. The lowest BCUT2D eigenvalue weighted by Gasteiger charge is -2.13. The largest absolute Gasteiger partial charge is 0.452 e. The Balaban J connectivity index is 2.67. The minimum Gasteiger partial charge on any atom is -0.452 e. The predicted molar refractivity (Wildman–Crippen MR) is 104 cm³/mol. The molecule has 0 fully saturated rings.